The summed E-state index contributed by atoms with van der Waals surface area (Å²) in [4.78, 5) is 31.5. The first-order chi connectivity index (χ1) is 12.5. The number of halogens is 1. The van der Waals surface area contributed by atoms with E-state index < -0.39 is 6.04 Å². The molecule has 0 bridgehead atoms. The van der Waals surface area contributed by atoms with E-state index in [-0.39, 0.29) is 16.7 Å². The summed E-state index contributed by atoms with van der Waals surface area (Å²) >= 11 is 9.33. The summed E-state index contributed by atoms with van der Waals surface area (Å²) in [5.74, 6) is 0.425. The lowest BCUT2D eigenvalue weighted by Crippen LogP contribution is -2.46. The molecule has 0 radical (unpaired) electrons. The van der Waals surface area contributed by atoms with Crippen LogP contribution in [0.4, 0.5) is 0 Å². The number of hydrogen-bond donors (Lipinski definition) is 0. The van der Waals surface area contributed by atoms with Gasteiger partial charge in [0.1, 0.15) is 6.04 Å². The number of carbonyl (C=O) groups excluding carboxylic acids is 2. The van der Waals surface area contributed by atoms with E-state index in [1.54, 1.807) is 16.7 Å². The van der Waals surface area contributed by atoms with Crippen LogP contribution in [-0.4, -0.2) is 37.9 Å². The number of hydrogen-bond acceptors (Lipinski definition) is 4. The van der Waals surface area contributed by atoms with Crippen molar-refractivity contribution in [1.29, 1.82) is 0 Å². The van der Waals surface area contributed by atoms with Crippen LogP contribution >= 0.6 is 34.7 Å². The Morgan fingerprint density at radius 1 is 1.42 bits per heavy atom. The van der Waals surface area contributed by atoms with Gasteiger partial charge in [0.05, 0.1) is 11.4 Å². The normalized spacial score (nSPS) is 25.8. The fourth-order valence-electron chi connectivity index (χ4n) is 3.49. The van der Waals surface area contributed by atoms with Crippen LogP contribution in [0.15, 0.2) is 40.8 Å². The minimum absolute atomic E-state index is 0.0566. The highest BCUT2D eigenvalue weighted by Crippen LogP contribution is 2.47. The van der Waals surface area contributed by atoms with Crippen LogP contribution in [0, 0.1) is 0 Å². The SMILES string of the molecule is CC12CCC(=O)N1C(C(=O)N=c1sccn1Cc1ccccc1Cl)CS2. The molecule has 5 nitrogen and oxygen atoms in total. The van der Waals surface area contributed by atoms with Crippen LogP contribution in [0.3, 0.4) is 0 Å². The van der Waals surface area contributed by atoms with E-state index in [1.165, 1.54) is 11.3 Å². The van der Waals surface area contributed by atoms with Gasteiger partial charge >= 0.3 is 0 Å². The van der Waals surface area contributed by atoms with Gasteiger partial charge in [-0.15, -0.1) is 23.1 Å². The molecule has 2 fully saturated rings. The molecular weight excluding hydrogens is 390 g/mol. The minimum atomic E-state index is -0.462. The van der Waals surface area contributed by atoms with Crippen LogP contribution in [0.1, 0.15) is 25.3 Å². The lowest BCUT2D eigenvalue weighted by Gasteiger charge is -2.28. The Kier molecular flexibility index (Phi) is 4.71. The first-order valence-electron chi connectivity index (χ1n) is 8.40. The second kappa shape index (κ2) is 6.87. The van der Waals surface area contributed by atoms with Gasteiger partial charge in [-0.25, -0.2) is 0 Å². The number of carbonyl (C=O) groups is 2. The van der Waals surface area contributed by atoms with Gasteiger partial charge in [0.25, 0.3) is 5.91 Å². The summed E-state index contributed by atoms with van der Waals surface area (Å²) in [6, 6.07) is 7.17. The van der Waals surface area contributed by atoms with Gasteiger partial charge in [-0.05, 0) is 25.0 Å². The Balaban J connectivity index is 1.60. The van der Waals surface area contributed by atoms with Gasteiger partial charge in [-0.1, -0.05) is 29.8 Å². The van der Waals surface area contributed by atoms with E-state index >= 15 is 0 Å². The van der Waals surface area contributed by atoms with Crippen LogP contribution in [-0.2, 0) is 16.1 Å². The van der Waals surface area contributed by atoms with Crippen LogP contribution in [0.5, 0.6) is 0 Å². The molecule has 2 aliphatic heterocycles. The van der Waals surface area contributed by atoms with Crippen molar-refractivity contribution in [2.75, 3.05) is 5.75 Å². The summed E-state index contributed by atoms with van der Waals surface area (Å²) in [6.07, 6.45) is 3.21. The molecule has 0 spiro atoms. The predicted octanol–water partition coefficient (Wildman–Crippen LogP) is 3.13. The third-order valence-electron chi connectivity index (χ3n) is 4.89. The maximum atomic E-state index is 12.8. The van der Waals surface area contributed by atoms with E-state index in [0.29, 0.717) is 28.5 Å². The van der Waals surface area contributed by atoms with Crippen molar-refractivity contribution in [3.63, 3.8) is 0 Å². The zero-order chi connectivity index (χ0) is 18.3. The second-order valence-electron chi connectivity index (χ2n) is 6.62. The molecule has 8 heteroatoms. The molecule has 2 atom stereocenters. The monoisotopic (exact) mass is 407 g/mol. The van der Waals surface area contributed by atoms with Crippen molar-refractivity contribution in [3.05, 3.63) is 51.2 Å². The summed E-state index contributed by atoms with van der Waals surface area (Å²) in [5, 5.41) is 2.59. The fourth-order valence-corrected chi connectivity index (χ4v) is 5.84. The maximum Gasteiger partial charge on any atom is 0.272 e. The van der Waals surface area contributed by atoms with Crippen molar-refractivity contribution < 1.29 is 9.59 Å². The Morgan fingerprint density at radius 2 is 2.23 bits per heavy atom. The quantitative estimate of drug-likeness (QED) is 0.785. The Labute approximate surface area is 164 Å². The topological polar surface area (TPSA) is 54.7 Å². The van der Waals surface area contributed by atoms with Crippen LogP contribution in [0.25, 0.3) is 0 Å². The Hall–Kier alpha value is -1.57. The number of thiazole rings is 1. The van der Waals surface area contributed by atoms with E-state index in [1.807, 2.05) is 47.3 Å². The van der Waals surface area contributed by atoms with Gasteiger partial charge in [0.15, 0.2) is 4.80 Å². The maximum absolute atomic E-state index is 12.8. The van der Waals surface area contributed by atoms with Crippen molar-refractivity contribution in [1.82, 2.24) is 9.47 Å². The number of amides is 2. The number of benzene rings is 1. The molecule has 0 N–H and O–H groups in total. The van der Waals surface area contributed by atoms with E-state index in [4.69, 9.17) is 11.6 Å². The third-order valence-corrected chi connectivity index (χ3v) is 7.56. The average Bonchev–Trinajstić information content (AvgIpc) is 3.26. The van der Waals surface area contributed by atoms with Gasteiger partial charge in [-0.2, -0.15) is 4.99 Å². The lowest BCUT2D eigenvalue weighted by molar-refractivity contribution is -0.136. The third kappa shape index (κ3) is 3.12. The van der Waals surface area contributed by atoms with Crippen molar-refractivity contribution in [2.45, 2.75) is 37.2 Å². The largest absolute Gasteiger partial charge is 0.319 e. The first kappa shape index (κ1) is 17.8. The Bertz CT molecular complexity index is 938. The smallest absolute Gasteiger partial charge is 0.272 e. The zero-order valence-electron chi connectivity index (χ0n) is 14.2. The molecule has 1 aromatic carbocycles. The molecule has 26 heavy (non-hydrogen) atoms. The van der Waals surface area contributed by atoms with Gasteiger partial charge in [0, 0.05) is 28.8 Å². The van der Waals surface area contributed by atoms with E-state index in [0.717, 1.165) is 12.0 Å². The summed E-state index contributed by atoms with van der Waals surface area (Å²) in [7, 11) is 0. The van der Waals surface area contributed by atoms with Crippen molar-refractivity contribution in [3.8, 4) is 0 Å². The number of aromatic nitrogens is 1. The molecule has 2 saturated heterocycles. The first-order valence-corrected chi connectivity index (χ1v) is 10.6. The molecule has 0 saturated carbocycles. The highest BCUT2D eigenvalue weighted by Gasteiger charge is 2.52. The number of nitrogens with zero attached hydrogens (tertiary/aromatic N) is 3. The minimum Gasteiger partial charge on any atom is -0.319 e. The van der Waals surface area contributed by atoms with Crippen molar-refractivity contribution >= 4 is 46.5 Å². The molecule has 2 aromatic rings. The molecule has 1 aromatic heterocycles. The average molecular weight is 408 g/mol. The number of thioether (sulfide) groups is 1. The van der Waals surface area contributed by atoms with Gasteiger partial charge in [0.2, 0.25) is 5.91 Å². The highest BCUT2D eigenvalue weighted by atomic mass is 35.5. The summed E-state index contributed by atoms with van der Waals surface area (Å²) in [6.45, 7) is 2.59. The van der Waals surface area contributed by atoms with Gasteiger partial charge in [-0.3, -0.25) is 9.59 Å². The van der Waals surface area contributed by atoms with E-state index in [2.05, 4.69) is 4.99 Å². The number of fused-ring (bicyclic) bond motifs is 1. The Morgan fingerprint density at radius 3 is 3.04 bits per heavy atom. The molecule has 4 rings (SSSR count). The molecular formula is C18H18ClN3O2S2. The van der Waals surface area contributed by atoms with Crippen molar-refractivity contribution in [2.24, 2.45) is 4.99 Å². The lowest BCUT2D eigenvalue weighted by atomic mass is 10.2. The predicted molar refractivity (Wildman–Crippen MR) is 104 cm³/mol. The summed E-state index contributed by atoms with van der Waals surface area (Å²) in [5.41, 5.74) is 0.972. The second-order valence-corrected chi connectivity index (χ2v) is 9.40. The van der Waals surface area contributed by atoms with Gasteiger partial charge < -0.3 is 9.47 Å². The number of rotatable bonds is 3. The molecule has 2 unspecified atom stereocenters. The standard InChI is InChI=1S/C18H18ClN3O2S2/c1-18-7-6-15(23)22(18)14(11-26-18)16(24)20-17-21(8-9-25-17)10-12-4-2-3-5-13(12)19/h2-5,8-9,14H,6-7,10-11H2,1H3. The highest BCUT2D eigenvalue weighted by molar-refractivity contribution is 8.01. The van der Waals surface area contributed by atoms with E-state index in [9.17, 15) is 9.59 Å². The van der Waals surface area contributed by atoms with Crippen LogP contribution in [0.2, 0.25) is 5.02 Å². The summed E-state index contributed by atoms with van der Waals surface area (Å²) < 4.78 is 1.91. The molecule has 2 aliphatic rings. The molecule has 136 valence electrons. The van der Waals surface area contributed by atoms with Crippen LogP contribution < -0.4 is 4.80 Å². The molecule has 3 heterocycles. The molecule has 0 aliphatic carbocycles. The molecule has 2 amide bonds. The fraction of sp³-hybridized carbons (Fsp3) is 0.389. The zero-order valence-corrected chi connectivity index (χ0v) is 16.6.